The summed E-state index contributed by atoms with van der Waals surface area (Å²) in [5.41, 5.74) is 0.913. The second-order valence-corrected chi connectivity index (χ2v) is 6.85. The van der Waals surface area contributed by atoms with Crippen molar-refractivity contribution in [3.05, 3.63) is 29.8 Å². The zero-order chi connectivity index (χ0) is 16.2. The third-order valence-electron chi connectivity index (χ3n) is 5.15. The first-order valence-electron chi connectivity index (χ1n) is 8.54. The molecule has 0 unspecified atom stereocenters. The Morgan fingerprint density at radius 2 is 1.74 bits per heavy atom. The maximum atomic E-state index is 12.5. The van der Waals surface area contributed by atoms with Gasteiger partial charge in [-0.2, -0.15) is 0 Å². The number of carbonyl (C=O) groups excluding carboxylic acids is 1. The number of likely N-dealkylation sites (tertiary alicyclic amines) is 2. The molecule has 1 aromatic carbocycles. The predicted octanol–water partition coefficient (Wildman–Crippen LogP) is 1.10. The van der Waals surface area contributed by atoms with E-state index in [9.17, 15) is 15.0 Å². The van der Waals surface area contributed by atoms with Crippen LogP contribution < -0.4 is 0 Å². The lowest BCUT2D eigenvalue weighted by molar-refractivity contribution is -0.129. The molecule has 2 saturated heterocycles. The normalized spacial score (nSPS) is 25.2. The van der Waals surface area contributed by atoms with Crippen LogP contribution in [0.3, 0.4) is 0 Å². The zero-order valence-corrected chi connectivity index (χ0v) is 13.5. The number of rotatable bonds is 5. The van der Waals surface area contributed by atoms with E-state index in [1.807, 2.05) is 4.90 Å². The molecular formula is C18H26N2O3. The van der Waals surface area contributed by atoms with Gasteiger partial charge in [0.2, 0.25) is 5.91 Å². The second-order valence-electron chi connectivity index (χ2n) is 6.85. The highest BCUT2D eigenvalue weighted by atomic mass is 16.3. The highest BCUT2D eigenvalue weighted by molar-refractivity contribution is 5.79. The molecule has 2 heterocycles. The number of aliphatic hydroxyl groups excluding tert-OH is 1. The van der Waals surface area contributed by atoms with E-state index in [2.05, 4.69) is 4.90 Å². The Hall–Kier alpha value is -1.59. The highest BCUT2D eigenvalue weighted by Gasteiger charge is 2.35. The van der Waals surface area contributed by atoms with Gasteiger partial charge in [0.25, 0.3) is 0 Å². The lowest BCUT2D eigenvalue weighted by Gasteiger charge is -2.22. The van der Waals surface area contributed by atoms with Crippen LogP contribution in [-0.2, 0) is 11.2 Å². The highest BCUT2D eigenvalue weighted by Crippen LogP contribution is 2.26. The number of phenolic OH excluding ortho intramolecular Hbond substituents is 1. The van der Waals surface area contributed by atoms with Crippen LogP contribution in [0.2, 0.25) is 0 Å². The van der Waals surface area contributed by atoms with Crippen molar-refractivity contribution in [3.8, 4) is 5.75 Å². The summed E-state index contributed by atoms with van der Waals surface area (Å²) in [5.74, 6) is 0.896. The molecule has 2 aliphatic rings. The van der Waals surface area contributed by atoms with E-state index in [1.165, 1.54) is 12.8 Å². The first kappa shape index (κ1) is 16.3. The molecule has 0 spiro atoms. The average Bonchev–Trinajstić information content (AvgIpc) is 3.19. The van der Waals surface area contributed by atoms with E-state index in [1.54, 1.807) is 24.3 Å². The fourth-order valence-electron chi connectivity index (χ4n) is 3.75. The van der Waals surface area contributed by atoms with Crippen molar-refractivity contribution in [2.45, 2.75) is 19.3 Å². The number of hydrogen-bond acceptors (Lipinski definition) is 4. The summed E-state index contributed by atoms with van der Waals surface area (Å²) >= 11 is 0. The molecular weight excluding hydrogens is 292 g/mol. The van der Waals surface area contributed by atoms with E-state index in [0.29, 0.717) is 18.9 Å². The van der Waals surface area contributed by atoms with Crippen molar-refractivity contribution in [2.75, 3.05) is 39.3 Å². The van der Waals surface area contributed by atoms with Crippen molar-refractivity contribution in [2.24, 2.45) is 11.8 Å². The molecule has 1 amide bonds. The molecule has 2 fully saturated rings. The van der Waals surface area contributed by atoms with Gasteiger partial charge in [-0.25, -0.2) is 0 Å². The molecule has 126 valence electrons. The molecule has 0 bridgehead atoms. The molecule has 0 aromatic heterocycles. The summed E-state index contributed by atoms with van der Waals surface area (Å²) in [6.07, 6.45) is 2.88. The number of benzene rings is 1. The first-order valence-corrected chi connectivity index (χ1v) is 8.54. The van der Waals surface area contributed by atoms with Gasteiger partial charge in [0.15, 0.2) is 0 Å². The summed E-state index contributed by atoms with van der Waals surface area (Å²) in [6, 6.07) is 6.79. The number of nitrogens with zero attached hydrogens (tertiary/aromatic N) is 2. The Bertz CT molecular complexity index is 526. The zero-order valence-electron chi connectivity index (χ0n) is 13.5. The standard InChI is InChI=1S/C18H26N2O3/c21-13-16-12-20(11-15(16)10-19-7-1-2-8-19)18(23)9-14-3-5-17(22)6-4-14/h3-6,15-16,21-22H,1-2,7-13H2/t15-,16-/m0/s1. The second kappa shape index (κ2) is 7.32. The summed E-state index contributed by atoms with van der Waals surface area (Å²) < 4.78 is 0. The molecule has 0 radical (unpaired) electrons. The van der Waals surface area contributed by atoms with Gasteiger partial charge in [0.05, 0.1) is 6.42 Å². The Labute approximate surface area is 137 Å². The lowest BCUT2D eigenvalue weighted by Crippen LogP contribution is -2.33. The van der Waals surface area contributed by atoms with Crippen LogP contribution in [0.4, 0.5) is 0 Å². The molecule has 2 aliphatic heterocycles. The van der Waals surface area contributed by atoms with Crippen LogP contribution in [0.25, 0.3) is 0 Å². The summed E-state index contributed by atoms with van der Waals surface area (Å²) in [7, 11) is 0. The number of carbonyl (C=O) groups is 1. The van der Waals surface area contributed by atoms with Crippen molar-refractivity contribution >= 4 is 5.91 Å². The predicted molar refractivity (Wildman–Crippen MR) is 88.1 cm³/mol. The number of hydrogen-bond donors (Lipinski definition) is 2. The molecule has 1 aromatic rings. The Kier molecular flexibility index (Phi) is 5.18. The molecule has 5 heteroatoms. The van der Waals surface area contributed by atoms with Gasteiger partial charge in [-0.3, -0.25) is 4.79 Å². The molecule has 2 atom stereocenters. The van der Waals surface area contributed by atoms with E-state index in [-0.39, 0.29) is 24.2 Å². The third-order valence-corrected chi connectivity index (χ3v) is 5.15. The fraction of sp³-hybridized carbons (Fsp3) is 0.611. The van der Waals surface area contributed by atoms with Crippen molar-refractivity contribution in [1.29, 1.82) is 0 Å². The smallest absolute Gasteiger partial charge is 0.227 e. The SMILES string of the molecule is O=C(Cc1ccc(O)cc1)N1C[C@@H](CO)[C@@H](CN2CCCC2)C1. The summed E-state index contributed by atoms with van der Waals surface area (Å²) in [5, 5.41) is 19.0. The minimum Gasteiger partial charge on any atom is -0.508 e. The van der Waals surface area contributed by atoms with Crippen LogP contribution in [0.1, 0.15) is 18.4 Å². The van der Waals surface area contributed by atoms with Crippen molar-refractivity contribution in [3.63, 3.8) is 0 Å². The first-order chi connectivity index (χ1) is 11.2. The monoisotopic (exact) mass is 318 g/mol. The van der Waals surface area contributed by atoms with E-state index < -0.39 is 0 Å². The van der Waals surface area contributed by atoms with E-state index in [4.69, 9.17) is 0 Å². The van der Waals surface area contributed by atoms with Crippen LogP contribution >= 0.6 is 0 Å². The van der Waals surface area contributed by atoms with Crippen LogP contribution in [-0.4, -0.2) is 65.3 Å². The van der Waals surface area contributed by atoms with E-state index >= 15 is 0 Å². The molecule has 2 N–H and O–H groups in total. The van der Waals surface area contributed by atoms with E-state index in [0.717, 1.165) is 31.7 Å². The largest absolute Gasteiger partial charge is 0.508 e. The van der Waals surface area contributed by atoms with Gasteiger partial charge in [-0.15, -0.1) is 0 Å². The number of aliphatic hydroxyl groups is 1. The molecule has 0 aliphatic carbocycles. The molecule has 0 saturated carbocycles. The van der Waals surface area contributed by atoms with Crippen molar-refractivity contribution < 1.29 is 15.0 Å². The minimum absolute atomic E-state index is 0.109. The van der Waals surface area contributed by atoms with Gasteiger partial charge in [0, 0.05) is 32.2 Å². The minimum atomic E-state index is 0.109. The van der Waals surface area contributed by atoms with Gasteiger partial charge in [0.1, 0.15) is 5.75 Å². The topological polar surface area (TPSA) is 64.0 Å². The van der Waals surface area contributed by atoms with Gasteiger partial charge < -0.3 is 20.0 Å². The third kappa shape index (κ3) is 4.03. The Morgan fingerprint density at radius 1 is 1.09 bits per heavy atom. The Morgan fingerprint density at radius 3 is 2.39 bits per heavy atom. The molecule has 23 heavy (non-hydrogen) atoms. The number of aromatic hydroxyl groups is 1. The Balaban J connectivity index is 1.57. The fourth-order valence-corrected chi connectivity index (χ4v) is 3.75. The van der Waals surface area contributed by atoms with Crippen molar-refractivity contribution in [1.82, 2.24) is 9.80 Å². The molecule has 3 rings (SSSR count). The van der Waals surface area contributed by atoms with Gasteiger partial charge >= 0.3 is 0 Å². The van der Waals surface area contributed by atoms with Crippen LogP contribution in [0.5, 0.6) is 5.75 Å². The maximum Gasteiger partial charge on any atom is 0.227 e. The summed E-state index contributed by atoms with van der Waals surface area (Å²) in [6.45, 7) is 4.85. The summed E-state index contributed by atoms with van der Waals surface area (Å²) in [4.78, 5) is 16.9. The van der Waals surface area contributed by atoms with Gasteiger partial charge in [-0.1, -0.05) is 12.1 Å². The quantitative estimate of drug-likeness (QED) is 0.853. The van der Waals surface area contributed by atoms with Gasteiger partial charge in [-0.05, 0) is 49.5 Å². The number of phenols is 1. The average molecular weight is 318 g/mol. The number of amides is 1. The molecule has 5 nitrogen and oxygen atoms in total. The lowest BCUT2D eigenvalue weighted by atomic mass is 9.96. The van der Waals surface area contributed by atoms with Crippen LogP contribution in [0.15, 0.2) is 24.3 Å². The maximum absolute atomic E-state index is 12.5. The van der Waals surface area contributed by atoms with Crippen LogP contribution in [0, 0.1) is 11.8 Å².